The number of carbonyl (C=O) groups is 3. The summed E-state index contributed by atoms with van der Waals surface area (Å²) < 4.78 is 0. The summed E-state index contributed by atoms with van der Waals surface area (Å²) in [5.41, 5.74) is 0. The SMILES string of the molecule is CCCCCCCCCCCC(=O)N[C@H](C(=O)N[C@H](C=O)[C@@H](C)O)[C@@H](C)O. The Hall–Kier alpha value is -1.47. The summed E-state index contributed by atoms with van der Waals surface area (Å²) in [6.45, 7) is 4.96. The van der Waals surface area contributed by atoms with Gasteiger partial charge in [0.15, 0.2) is 0 Å². The maximum absolute atomic E-state index is 12.2. The van der Waals surface area contributed by atoms with Crippen molar-refractivity contribution in [3.05, 3.63) is 0 Å². The van der Waals surface area contributed by atoms with Crippen molar-refractivity contribution < 1.29 is 24.6 Å². The molecule has 158 valence electrons. The molecule has 0 rings (SSSR count). The lowest BCUT2D eigenvalue weighted by Crippen LogP contribution is -2.56. The van der Waals surface area contributed by atoms with E-state index in [1.807, 2.05) is 0 Å². The Kier molecular flexibility index (Phi) is 14.7. The van der Waals surface area contributed by atoms with Crippen LogP contribution in [0.3, 0.4) is 0 Å². The average molecular weight is 387 g/mol. The minimum Gasteiger partial charge on any atom is -0.391 e. The number of rotatable bonds is 16. The van der Waals surface area contributed by atoms with Gasteiger partial charge in [-0.1, -0.05) is 58.3 Å². The largest absolute Gasteiger partial charge is 0.391 e. The van der Waals surface area contributed by atoms with Crippen molar-refractivity contribution >= 4 is 18.1 Å². The van der Waals surface area contributed by atoms with Gasteiger partial charge >= 0.3 is 0 Å². The van der Waals surface area contributed by atoms with Gasteiger partial charge in [-0.25, -0.2) is 0 Å². The van der Waals surface area contributed by atoms with Crippen LogP contribution in [0.25, 0.3) is 0 Å². The second kappa shape index (κ2) is 15.6. The van der Waals surface area contributed by atoms with Crippen LogP contribution in [0.5, 0.6) is 0 Å². The first kappa shape index (κ1) is 25.5. The Morgan fingerprint density at radius 2 is 1.37 bits per heavy atom. The van der Waals surface area contributed by atoms with Gasteiger partial charge < -0.3 is 25.6 Å². The van der Waals surface area contributed by atoms with Gasteiger partial charge in [-0.15, -0.1) is 0 Å². The monoisotopic (exact) mass is 386 g/mol. The summed E-state index contributed by atoms with van der Waals surface area (Å²) in [7, 11) is 0. The molecule has 0 aromatic carbocycles. The molecule has 2 amide bonds. The highest BCUT2D eigenvalue weighted by atomic mass is 16.3. The number of aliphatic hydroxyl groups is 2. The zero-order valence-corrected chi connectivity index (χ0v) is 17.1. The summed E-state index contributed by atoms with van der Waals surface area (Å²) in [4.78, 5) is 35.1. The van der Waals surface area contributed by atoms with Crippen LogP contribution in [0.2, 0.25) is 0 Å². The van der Waals surface area contributed by atoms with Gasteiger partial charge in [0.1, 0.15) is 18.4 Å². The molecule has 0 aromatic rings. The highest BCUT2D eigenvalue weighted by Gasteiger charge is 2.28. The number of hydrogen-bond donors (Lipinski definition) is 4. The lowest BCUT2D eigenvalue weighted by molar-refractivity contribution is -0.133. The number of amides is 2. The van der Waals surface area contributed by atoms with Crippen LogP contribution in [0.4, 0.5) is 0 Å². The van der Waals surface area contributed by atoms with Crippen molar-refractivity contribution in [1.29, 1.82) is 0 Å². The third-order valence-electron chi connectivity index (χ3n) is 4.56. The maximum Gasteiger partial charge on any atom is 0.245 e. The second-order valence-electron chi connectivity index (χ2n) is 7.28. The van der Waals surface area contributed by atoms with Crippen LogP contribution < -0.4 is 10.6 Å². The summed E-state index contributed by atoms with van der Waals surface area (Å²) >= 11 is 0. The average Bonchev–Trinajstić information content (AvgIpc) is 2.62. The van der Waals surface area contributed by atoms with Crippen molar-refractivity contribution in [3.63, 3.8) is 0 Å². The van der Waals surface area contributed by atoms with E-state index < -0.39 is 30.2 Å². The van der Waals surface area contributed by atoms with Crippen LogP contribution in [-0.2, 0) is 14.4 Å². The molecular weight excluding hydrogens is 348 g/mol. The van der Waals surface area contributed by atoms with Gasteiger partial charge in [0, 0.05) is 6.42 Å². The van der Waals surface area contributed by atoms with Crippen LogP contribution in [0.15, 0.2) is 0 Å². The van der Waals surface area contributed by atoms with Crippen LogP contribution in [0.1, 0.15) is 85.0 Å². The molecule has 4 atom stereocenters. The first-order chi connectivity index (χ1) is 12.8. The van der Waals surface area contributed by atoms with Crippen LogP contribution in [0, 0.1) is 0 Å². The summed E-state index contributed by atoms with van der Waals surface area (Å²) in [6, 6.07) is -2.23. The molecule has 0 heterocycles. The lowest BCUT2D eigenvalue weighted by Gasteiger charge is -2.23. The maximum atomic E-state index is 12.2. The summed E-state index contributed by atoms with van der Waals surface area (Å²) in [5.74, 6) is -0.998. The highest BCUT2D eigenvalue weighted by molar-refractivity contribution is 5.89. The van der Waals surface area contributed by atoms with E-state index in [4.69, 9.17) is 0 Å². The lowest BCUT2D eigenvalue weighted by atomic mass is 10.1. The van der Waals surface area contributed by atoms with Crippen LogP contribution in [-0.4, -0.2) is 52.6 Å². The van der Waals surface area contributed by atoms with E-state index in [0.717, 1.165) is 19.3 Å². The predicted octanol–water partition coefficient (Wildman–Crippen LogP) is 1.84. The fourth-order valence-electron chi connectivity index (χ4n) is 2.77. The molecule has 0 aliphatic rings. The van der Waals surface area contributed by atoms with E-state index in [9.17, 15) is 24.6 Å². The molecule has 0 saturated carbocycles. The summed E-state index contributed by atoms with van der Waals surface area (Å²) in [5, 5.41) is 24.0. The zero-order valence-electron chi connectivity index (χ0n) is 17.1. The smallest absolute Gasteiger partial charge is 0.245 e. The predicted molar refractivity (Wildman–Crippen MR) is 105 cm³/mol. The number of aliphatic hydroxyl groups excluding tert-OH is 2. The molecule has 7 nitrogen and oxygen atoms in total. The first-order valence-corrected chi connectivity index (χ1v) is 10.2. The molecule has 0 aromatic heterocycles. The Bertz CT molecular complexity index is 427. The number of aldehydes is 1. The quantitative estimate of drug-likeness (QED) is 0.239. The van der Waals surface area contributed by atoms with Crippen molar-refractivity contribution in [2.75, 3.05) is 0 Å². The Balaban J connectivity index is 4.11. The first-order valence-electron chi connectivity index (χ1n) is 10.2. The van der Waals surface area contributed by atoms with Gasteiger partial charge in [0.25, 0.3) is 0 Å². The fraction of sp³-hybridized carbons (Fsp3) is 0.850. The number of unbranched alkanes of at least 4 members (excludes halogenated alkanes) is 8. The summed E-state index contributed by atoms with van der Waals surface area (Å²) in [6.07, 6.45) is 8.85. The zero-order chi connectivity index (χ0) is 20.7. The molecule has 0 bridgehead atoms. The van der Waals surface area contributed by atoms with E-state index in [0.29, 0.717) is 12.7 Å². The van der Waals surface area contributed by atoms with Gasteiger partial charge in [0.05, 0.1) is 12.2 Å². The molecule has 0 aliphatic carbocycles. The number of carbonyl (C=O) groups excluding carboxylic acids is 3. The highest BCUT2D eigenvalue weighted by Crippen LogP contribution is 2.10. The third kappa shape index (κ3) is 12.5. The van der Waals surface area contributed by atoms with E-state index in [1.54, 1.807) is 0 Å². The second-order valence-corrected chi connectivity index (χ2v) is 7.28. The van der Waals surface area contributed by atoms with Gasteiger partial charge in [-0.2, -0.15) is 0 Å². The number of hydrogen-bond acceptors (Lipinski definition) is 5. The van der Waals surface area contributed by atoms with E-state index in [1.165, 1.54) is 52.4 Å². The van der Waals surface area contributed by atoms with Crippen molar-refractivity contribution in [2.24, 2.45) is 0 Å². The van der Waals surface area contributed by atoms with Gasteiger partial charge in [0.2, 0.25) is 11.8 Å². The minimum atomic E-state index is -1.16. The van der Waals surface area contributed by atoms with Crippen molar-refractivity contribution in [1.82, 2.24) is 10.6 Å². The van der Waals surface area contributed by atoms with Crippen LogP contribution >= 0.6 is 0 Å². The molecule has 27 heavy (non-hydrogen) atoms. The Morgan fingerprint density at radius 1 is 0.852 bits per heavy atom. The van der Waals surface area contributed by atoms with Gasteiger partial charge in [-0.3, -0.25) is 9.59 Å². The minimum absolute atomic E-state index is 0.292. The molecule has 0 radical (unpaired) electrons. The molecule has 0 fully saturated rings. The molecule has 7 heteroatoms. The normalized spacial score (nSPS) is 15.4. The standard InChI is InChI=1S/C20H38N2O5/c1-4-5-6-7-8-9-10-11-12-13-18(26)22-19(16(3)25)20(27)21-17(14-23)15(2)24/h14-17,19,24-25H,4-13H2,1-3H3,(H,21,27)(H,22,26)/t15-,16-,17-,19+/m1/s1. The number of nitrogens with one attached hydrogen (secondary N) is 2. The topological polar surface area (TPSA) is 116 Å². The molecular formula is C20H38N2O5. The van der Waals surface area contributed by atoms with Crippen molar-refractivity contribution in [3.8, 4) is 0 Å². The fourth-order valence-corrected chi connectivity index (χ4v) is 2.77. The molecule has 0 unspecified atom stereocenters. The van der Waals surface area contributed by atoms with Crippen molar-refractivity contribution in [2.45, 2.75) is 109 Å². The Labute approximate surface area is 163 Å². The molecule has 0 saturated heterocycles. The molecule has 0 aliphatic heterocycles. The van der Waals surface area contributed by atoms with E-state index in [2.05, 4.69) is 17.6 Å². The molecule has 0 spiro atoms. The Morgan fingerprint density at radius 3 is 1.81 bits per heavy atom. The third-order valence-corrected chi connectivity index (χ3v) is 4.56. The van der Waals surface area contributed by atoms with E-state index in [-0.39, 0.29) is 5.91 Å². The molecule has 4 N–H and O–H groups in total. The van der Waals surface area contributed by atoms with E-state index >= 15 is 0 Å². The van der Waals surface area contributed by atoms with Gasteiger partial charge in [-0.05, 0) is 20.3 Å².